The number of hydrogen-bond acceptors (Lipinski definition) is 3. The monoisotopic (exact) mass is 246 g/mol. The molecule has 0 atom stereocenters. The van der Waals surface area contributed by atoms with Gasteiger partial charge in [0.15, 0.2) is 5.75 Å². The Morgan fingerprint density at radius 3 is 2.87 bits per heavy atom. The summed E-state index contributed by atoms with van der Waals surface area (Å²) in [5, 5.41) is 0.486. The Balaban J connectivity index is 2.68. The minimum absolute atomic E-state index is 0.0804. The van der Waals surface area contributed by atoms with E-state index in [4.69, 9.17) is 27.9 Å². The van der Waals surface area contributed by atoms with E-state index in [1.54, 1.807) is 12.1 Å². The van der Waals surface area contributed by atoms with Gasteiger partial charge < -0.3 is 9.47 Å². The number of rotatable bonds is 3. The second-order valence-corrected chi connectivity index (χ2v) is 3.29. The van der Waals surface area contributed by atoms with Gasteiger partial charge in [0.2, 0.25) is 0 Å². The Morgan fingerprint density at radius 2 is 2.20 bits per heavy atom. The predicted molar refractivity (Wildman–Crippen MR) is 58.6 cm³/mol. The lowest BCUT2D eigenvalue weighted by atomic mass is 10.3. The Labute approximate surface area is 97.2 Å². The Morgan fingerprint density at radius 1 is 1.47 bits per heavy atom. The first-order chi connectivity index (χ1) is 7.15. The average molecular weight is 247 g/mol. The molecule has 0 unspecified atom stereocenters. The molecule has 1 rings (SSSR count). The Kier molecular flexibility index (Phi) is 4.46. The van der Waals surface area contributed by atoms with Crippen molar-refractivity contribution in [3.8, 4) is 5.75 Å². The van der Waals surface area contributed by atoms with Gasteiger partial charge in [-0.3, -0.25) is 0 Å². The van der Waals surface area contributed by atoms with Gasteiger partial charge in [-0.2, -0.15) is 0 Å². The lowest BCUT2D eigenvalue weighted by Gasteiger charge is -2.06. The van der Waals surface area contributed by atoms with Gasteiger partial charge >= 0.3 is 6.16 Å². The molecule has 0 amide bonds. The summed E-state index contributed by atoms with van der Waals surface area (Å²) in [5.41, 5.74) is 0. The summed E-state index contributed by atoms with van der Waals surface area (Å²) in [4.78, 5) is 11.0. The van der Waals surface area contributed by atoms with Gasteiger partial charge in [0.1, 0.15) is 11.6 Å². The molecule has 0 heterocycles. The molecule has 80 valence electrons. The second kappa shape index (κ2) is 5.63. The molecule has 1 aromatic carbocycles. The molecule has 0 N–H and O–H groups in total. The first-order valence-corrected chi connectivity index (χ1v) is 4.80. The molecule has 0 spiro atoms. The van der Waals surface area contributed by atoms with Crippen LogP contribution in [0.2, 0.25) is 10.0 Å². The molecule has 0 radical (unpaired) electrons. The van der Waals surface area contributed by atoms with Crippen LogP contribution in [0.4, 0.5) is 4.79 Å². The van der Waals surface area contributed by atoms with E-state index in [9.17, 15) is 4.79 Å². The standard InChI is InChI=1S/C10H8Cl2O3/c1-2-6-14-10(13)15-8-5-3-4-7(11)9(8)12/h2-5H,1,6H2. The van der Waals surface area contributed by atoms with Gasteiger partial charge in [0.05, 0.1) is 5.02 Å². The number of carbonyl (C=O) groups is 1. The molecular weight excluding hydrogens is 239 g/mol. The van der Waals surface area contributed by atoms with E-state index in [0.717, 1.165) is 0 Å². The van der Waals surface area contributed by atoms with Crippen molar-refractivity contribution in [1.82, 2.24) is 0 Å². The van der Waals surface area contributed by atoms with Crippen LogP contribution in [0, 0.1) is 0 Å². The van der Waals surface area contributed by atoms with Gasteiger partial charge in [-0.15, -0.1) is 0 Å². The van der Waals surface area contributed by atoms with E-state index in [1.807, 2.05) is 0 Å². The zero-order chi connectivity index (χ0) is 11.3. The van der Waals surface area contributed by atoms with Crippen LogP contribution in [0.15, 0.2) is 30.9 Å². The molecule has 0 saturated carbocycles. The first-order valence-electron chi connectivity index (χ1n) is 4.04. The van der Waals surface area contributed by atoms with Crippen LogP contribution in [0.5, 0.6) is 5.75 Å². The lowest BCUT2D eigenvalue weighted by Crippen LogP contribution is -2.10. The summed E-state index contributed by atoms with van der Waals surface area (Å²) in [6.07, 6.45) is 0.583. The summed E-state index contributed by atoms with van der Waals surface area (Å²) in [5.74, 6) is 0.165. The zero-order valence-electron chi connectivity index (χ0n) is 7.70. The van der Waals surface area contributed by atoms with Crippen molar-refractivity contribution >= 4 is 29.4 Å². The number of ether oxygens (including phenoxy) is 2. The SMILES string of the molecule is C=CCOC(=O)Oc1cccc(Cl)c1Cl. The van der Waals surface area contributed by atoms with E-state index >= 15 is 0 Å². The molecule has 0 aromatic heterocycles. The molecule has 15 heavy (non-hydrogen) atoms. The fraction of sp³-hybridized carbons (Fsp3) is 0.100. The second-order valence-electron chi connectivity index (χ2n) is 2.50. The third-order valence-electron chi connectivity index (χ3n) is 1.43. The minimum atomic E-state index is -0.848. The third-order valence-corrected chi connectivity index (χ3v) is 2.23. The Hall–Kier alpha value is -1.19. The largest absolute Gasteiger partial charge is 0.514 e. The third kappa shape index (κ3) is 3.46. The van der Waals surface area contributed by atoms with Crippen molar-refractivity contribution in [2.24, 2.45) is 0 Å². The van der Waals surface area contributed by atoms with Crippen LogP contribution in [0.3, 0.4) is 0 Å². The molecule has 0 aliphatic rings. The van der Waals surface area contributed by atoms with Crippen LogP contribution in [0.1, 0.15) is 0 Å². The summed E-state index contributed by atoms with van der Waals surface area (Å²) in [7, 11) is 0. The van der Waals surface area contributed by atoms with Gasteiger partial charge in [-0.1, -0.05) is 41.9 Å². The smallest absolute Gasteiger partial charge is 0.430 e. The van der Waals surface area contributed by atoms with E-state index in [2.05, 4.69) is 11.3 Å². The molecule has 5 heteroatoms. The summed E-state index contributed by atoms with van der Waals surface area (Å²) in [6.45, 7) is 3.47. The highest BCUT2D eigenvalue weighted by Gasteiger charge is 2.10. The first kappa shape index (κ1) is 11.9. The van der Waals surface area contributed by atoms with Crippen molar-refractivity contribution in [2.75, 3.05) is 6.61 Å². The highest BCUT2D eigenvalue weighted by Crippen LogP contribution is 2.31. The maximum atomic E-state index is 11.0. The number of benzene rings is 1. The molecule has 0 aliphatic carbocycles. The van der Waals surface area contributed by atoms with Gasteiger partial charge in [-0.05, 0) is 12.1 Å². The van der Waals surface area contributed by atoms with E-state index in [1.165, 1.54) is 12.1 Å². The molecular formula is C10H8Cl2O3. The molecule has 0 fully saturated rings. The van der Waals surface area contributed by atoms with Crippen molar-refractivity contribution in [2.45, 2.75) is 0 Å². The zero-order valence-corrected chi connectivity index (χ0v) is 9.22. The number of carbonyl (C=O) groups excluding carboxylic acids is 1. The fourth-order valence-electron chi connectivity index (χ4n) is 0.809. The summed E-state index contributed by atoms with van der Waals surface area (Å²) >= 11 is 11.5. The normalized spacial score (nSPS) is 9.47. The topological polar surface area (TPSA) is 35.5 Å². The predicted octanol–water partition coefficient (Wildman–Crippen LogP) is 3.69. The van der Waals surface area contributed by atoms with Crippen LogP contribution in [-0.2, 0) is 4.74 Å². The molecule has 0 bridgehead atoms. The van der Waals surface area contributed by atoms with E-state index in [0.29, 0.717) is 5.02 Å². The maximum absolute atomic E-state index is 11.0. The van der Waals surface area contributed by atoms with E-state index in [-0.39, 0.29) is 17.4 Å². The van der Waals surface area contributed by atoms with E-state index < -0.39 is 6.16 Å². The number of halogens is 2. The summed E-state index contributed by atoms with van der Waals surface area (Å²) < 4.78 is 9.41. The Bertz CT molecular complexity index is 377. The van der Waals surface area contributed by atoms with Crippen molar-refractivity contribution in [3.63, 3.8) is 0 Å². The highest BCUT2D eigenvalue weighted by molar-refractivity contribution is 6.42. The minimum Gasteiger partial charge on any atom is -0.430 e. The highest BCUT2D eigenvalue weighted by atomic mass is 35.5. The molecule has 1 aromatic rings. The van der Waals surface area contributed by atoms with Crippen molar-refractivity contribution < 1.29 is 14.3 Å². The molecule has 0 aliphatic heterocycles. The quantitative estimate of drug-likeness (QED) is 0.464. The van der Waals surface area contributed by atoms with Crippen LogP contribution in [-0.4, -0.2) is 12.8 Å². The number of hydrogen-bond donors (Lipinski definition) is 0. The van der Waals surface area contributed by atoms with Crippen molar-refractivity contribution in [1.29, 1.82) is 0 Å². The summed E-state index contributed by atoms with van der Waals surface area (Å²) in [6, 6.07) is 4.72. The molecule has 3 nitrogen and oxygen atoms in total. The fourth-order valence-corrected chi connectivity index (χ4v) is 1.14. The van der Waals surface area contributed by atoms with Gasteiger partial charge in [0.25, 0.3) is 0 Å². The van der Waals surface area contributed by atoms with Crippen LogP contribution >= 0.6 is 23.2 Å². The molecule has 0 saturated heterocycles. The van der Waals surface area contributed by atoms with Crippen LogP contribution in [0.25, 0.3) is 0 Å². The van der Waals surface area contributed by atoms with Crippen molar-refractivity contribution in [3.05, 3.63) is 40.9 Å². The average Bonchev–Trinajstić information content (AvgIpc) is 2.22. The lowest BCUT2D eigenvalue weighted by molar-refractivity contribution is 0.109. The maximum Gasteiger partial charge on any atom is 0.514 e. The van der Waals surface area contributed by atoms with Gasteiger partial charge in [-0.25, -0.2) is 4.79 Å². The van der Waals surface area contributed by atoms with Gasteiger partial charge in [0, 0.05) is 0 Å². The van der Waals surface area contributed by atoms with Crippen LogP contribution < -0.4 is 4.74 Å².